The molecule has 2 atom stereocenters. The lowest BCUT2D eigenvalue weighted by atomic mass is 9.70. The van der Waals surface area contributed by atoms with Gasteiger partial charge >= 0.3 is 0 Å². The quantitative estimate of drug-likeness (QED) is 0.168. The number of hydrogen-bond acceptors (Lipinski definition) is 6. The predicted octanol–water partition coefficient (Wildman–Crippen LogP) is 5.67. The lowest BCUT2D eigenvalue weighted by Gasteiger charge is -2.36. The van der Waals surface area contributed by atoms with Crippen molar-refractivity contribution < 1.29 is 40.3 Å². The summed E-state index contributed by atoms with van der Waals surface area (Å²) in [5, 5.41) is 5.60. The fourth-order valence-corrected chi connectivity index (χ4v) is 4.07. The van der Waals surface area contributed by atoms with E-state index in [0.717, 1.165) is 36.8 Å². The minimum atomic E-state index is -4.67. The third-order valence-electron chi connectivity index (χ3n) is 6.52. The van der Waals surface area contributed by atoms with E-state index in [-0.39, 0.29) is 54.6 Å². The molecule has 2 N–H and O–H groups in total. The number of carbonyl (C=O) groups excluding carboxylic acids is 4. The van der Waals surface area contributed by atoms with Gasteiger partial charge in [0, 0.05) is 44.4 Å². The molecule has 1 aromatic carbocycles. The number of carbonyl (C=O) groups is 4. The van der Waals surface area contributed by atoms with Crippen LogP contribution in [-0.2, 0) is 28.7 Å². The summed E-state index contributed by atoms with van der Waals surface area (Å²) in [6, 6.07) is 7.60. The predicted molar refractivity (Wildman–Crippen MR) is 166 cm³/mol. The normalized spacial score (nSPS) is 14.3. The summed E-state index contributed by atoms with van der Waals surface area (Å²) >= 11 is -4.67. The van der Waals surface area contributed by atoms with Crippen LogP contribution in [0.5, 0.6) is 0 Å². The Hall–Kier alpha value is -2.64. The van der Waals surface area contributed by atoms with E-state index in [1.807, 2.05) is 45.0 Å². The molecule has 9 nitrogen and oxygen atoms in total. The maximum absolute atomic E-state index is 12.8. The van der Waals surface area contributed by atoms with E-state index in [1.54, 1.807) is 18.9 Å². The standard InChI is InChI=1S/C27H41N3O6.C2H6.CH3F3S/c1-20-7-9-23(10-8-20)29-25(33)12-15-35-17-18-36-16-13-28-24(32)11-14-30(3)27(34)26(21(2)19-31)22-5-4-6-22;1-2;1-5(2,3)4/h7-10,19,21-22,26H,4-6,11-18H2,1-3H3,(H,28,32)(H,29,33);1-2H3;1H3. The van der Waals surface area contributed by atoms with Gasteiger partial charge in [-0.15, -0.1) is 11.7 Å². The minimum absolute atomic E-state index is 0.0527. The molecule has 0 aliphatic heterocycles. The third kappa shape index (κ3) is 20.0. The smallest absolute Gasteiger partial charge is 0.226 e. The van der Waals surface area contributed by atoms with Gasteiger partial charge in [-0.2, -0.15) is 0 Å². The van der Waals surface area contributed by atoms with Crippen molar-refractivity contribution in [1.29, 1.82) is 0 Å². The summed E-state index contributed by atoms with van der Waals surface area (Å²) in [5.41, 5.74) is 1.90. The van der Waals surface area contributed by atoms with Crippen LogP contribution >= 0.6 is 11.2 Å². The molecule has 0 saturated heterocycles. The Morgan fingerprint density at radius 1 is 1.00 bits per heavy atom. The van der Waals surface area contributed by atoms with Gasteiger partial charge in [0.1, 0.15) is 6.29 Å². The van der Waals surface area contributed by atoms with Crippen LogP contribution in [0, 0.1) is 24.7 Å². The molecule has 1 fully saturated rings. The van der Waals surface area contributed by atoms with Gasteiger partial charge in [-0.25, -0.2) is 0 Å². The topological polar surface area (TPSA) is 114 Å². The van der Waals surface area contributed by atoms with Crippen molar-refractivity contribution in [2.24, 2.45) is 17.8 Å². The lowest BCUT2D eigenvalue weighted by molar-refractivity contribution is -0.141. The average molecular weight is 638 g/mol. The zero-order valence-electron chi connectivity index (χ0n) is 26.3. The highest BCUT2D eigenvalue weighted by Crippen LogP contribution is 2.48. The largest absolute Gasteiger partial charge is 0.379 e. The Morgan fingerprint density at radius 3 is 2.07 bits per heavy atom. The summed E-state index contributed by atoms with van der Waals surface area (Å²) in [4.78, 5) is 49.6. The highest BCUT2D eigenvalue weighted by Gasteiger charge is 2.37. The van der Waals surface area contributed by atoms with Gasteiger partial charge in [0.05, 0.1) is 38.8 Å². The molecule has 2 unspecified atom stereocenters. The first-order chi connectivity index (χ1) is 20.3. The van der Waals surface area contributed by atoms with Gasteiger partial charge in [-0.3, -0.25) is 14.4 Å². The van der Waals surface area contributed by atoms with Gasteiger partial charge < -0.3 is 29.8 Å². The van der Waals surface area contributed by atoms with E-state index in [1.165, 1.54) is 0 Å². The van der Waals surface area contributed by atoms with Gasteiger partial charge in [0.25, 0.3) is 0 Å². The second-order valence-electron chi connectivity index (χ2n) is 10.1. The second-order valence-corrected chi connectivity index (χ2v) is 11.4. The molecule has 3 amide bonds. The van der Waals surface area contributed by atoms with Gasteiger partial charge in [0.15, 0.2) is 0 Å². The third-order valence-corrected chi connectivity index (χ3v) is 6.52. The molecule has 248 valence electrons. The summed E-state index contributed by atoms with van der Waals surface area (Å²) in [5.74, 6) is -0.642. The highest BCUT2D eigenvalue weighted by molar-refractivity contribution is 8.20. The number of amides is 3. The number of aldehydes is 1. The summed E-state index contributed by atoms with van der Waals surface area (Å²) in [6.45, 7) is 9.83. The molecule has 1 saturated carbocycles. The summed E-state index contributed by atoms with van der Waals surface area (Å²) in [6.07, 6.45) is 4.66. The Kier molecular flexibility index (Phi) is 21.4. The first kappa shape index (κ1) is 40.4. The van der Waals surface area contributed by atoms with E-state index in [9.17, 15) is 30.8 Å². The number of nitrogens with zero attached hydrogens (tertiary/aromatic N) is 1. The summed E-state index contributed by atoms with van der Waals surface area (Å²) < 4.78 is 42.2. The van der Waals surface area contributed by atoms with Crippen molar-refractivity contribution in [3.05, 3.63) is 29.8 Å². The Bertz CT molecular complexity index is 940. The second kappa shape index (κ2) is 22.8. The van der Waals surface area contributed by atoms with Crippen LogP contribution in [0.3, 0.4) is 0 Å². The molecule has 0 radical (unpaired) electrons. The van der Waals surface area contributed by atoms with Crippen LogP contribution in [0.25, 0.3) is 0 Å². The molecule has 0 bridgehead atoms. The molecule has 43 heavy (non-hydrogen) atoms. The van der Waals surface area contributed by atoms with Gasteiger partial charge in [-0.1, -0.05) is 44.9 Å². The molecule has 0 spiro atoms. The Balaban J connectivity index is 0.00000227. The number of benzene rings is 1. The van der Waals surface area contributed by atoms with Crippen molar-refractivity contribution in [3.63, 3.8) is 0 Å². The number of hydrogen-bond donors (Lipinski definition) is 2. The van der Waals surface area contributed by atoms with Crippen LogP contribution in [0.2, 0.25) is 0 Å². The number of rotatable bonds is 17. The number of nitrogens with one attached hydrogen (secondary N) is 2. The fourth-order valence-electron chi connectivity index (χ4n) is 4.07. The van der Waals surface area contributed by atoms with Crippen molar-refractivity contribution in [2.75, 3.05) is 58.1 Å². The van der Waals surface area contributed by atoms with Crippen molar-refractivity contribution in [3.8, 4) is 0 Å². The van der Waals surface area contributed by atoms with Crippen LogP contribution in [0.1, 0.15) is 58.4 Å². The van der Waals surface area contributed by atoms with Crippen molar-refractivity contribution >= 4 is 40.9 Å². The Morgan fingerprint density at radius 2 is 1.56 bits per heavy atom. The van der Waals surface area contributed by atoms with Crippen molar-refractivity contribution in [1.82, 2.24) is 10.2 Å². The summed E-state index contributed by atoms with van der Waals surface area (Å²) in [7, 11) is 1.69. The molecular formula is C30H50F3N3O6S. The zero-order chi connectivity index (χ0) is 32.8. The first-order valence-electron chi connectivity index (χ1n) is 14.7. The van der Waals surface area contributed by atoms with E-state index >= 15 is 0 Å². The van der Waals surface area contributed by atoms with E-state index < -0.39 is 11.2 Å². The van der Waals surface area contributed by atoms with Crippen LogP contribution < -0.4 is 10.6 Å². The SMILES string of the molecule is CC.CS(F)(F)F.Cc1ccc(NC(=O)CCOCCOCCNC(=O)CCN(C)C(=O)C(C(C)C=O)C2CCC2)cc1. The molecule has 0 heterocycles. The number of anilines is 1. The average Bonchev–Trinajstić information content (AvgIpc) is 2.93. The number of aryl methyl sites for hydroxylation is 1. The van der Waals surface area contributed by atoms with Crippen LogP contribution in [0.4, 0.5) is 17.3 Å². The number of ether oxygens (including phenoxy) is 2. The molecule has 0 aromatic heterocycles. The maximum Gasteiger partial charge on any atom is 0.226 e. The monoisotopic (exact) mass is 637 g/mol. The molecular weight excluding hydrogens is 587 g/mol. The highest BCUT2D eigenvalue weighted by atomic mass is 32.3. The first-order valence-corrected chi connectivity index (χ1v) is 16.4. The number of halogens is 3. The molecule has 1 aliphatic carbocycles. The molecule has 1 aliphatic rings. The lowest BCUT2D eigenvalue weighted by Crippen LogP contribution is -2.43. The minimum Gasteiger partial charge on any atom is -0.379 e. The van der Waals surface area contributed by atoms with Crippen LogP contribution in [0.15, 0.2) is 24.3 Å². The van der Waals surface area contributed by atoms with Gasteiger partial charge in [-0.05, 0) is 37.8 Å². The van der Waals surface area contributed by atoms with E-state index in [0.29, 0.717) is 39.5 Å². The molecule has 1 aromatic rings. The zero-order valence-corrected chi connectivity index (χ0v) is 27.2. The van der Waals surface area contributed by atoms with E-state index in [2.05, 4.69) is 10.6 Å². The van der Waals surface area contributed by atoms with Gasteiger partial charge in [0.2, 0.25) is 28.9 Å². The van der Waals surface area contributed by atoms with Crippen molar-refractivity contribution in [2.45, 2.75) is 59.8 Å². The fraction of sp³-hybridized carbons (Fsp3) is 0.667. The van der Waals surface area contributed by atoms with Crippen LogP contribution in [-0.4, -0.2) is 81.7 Å². The molecule has 2 rings (SSSR count). The van der Waals surface area contributed by atoms with E-state index in [4.69, 9.17) is 9.47 Å². The maximum atomic E-state index is 12.8. The molecule has 13 heteroatoms. The Labute approximate surface area is 256 Å².